The molecule has 1 aromatic carbocycles. The number of rotatable bonds is 11. The number of unbranched alkanes of at least 4 members (excludes halogenated alkanes) is 5. The summed E-state index contributed by atoms with van der Waals surface area (Å²) in [4.78, 5) is 11.3. The van der Waals surface area contributed by atoms with Crippen molar-refractivity contribution in [2.24, 2.45) is 0 Å². The molecule has 0 saturated heterocycles. The van der Waals surface area contributed by atoms with Crippen LogP contribution in [-0.4, -0.2) is 22.8 Å². The van der Waals surface area contributed by atoms with Crippen molar-refractivity contribution in [1.29, 1.82) is 0 Å². The first-order chi connectivity index (χ1) is 11.1. The second kappa shape index (κ2) is 10.7. The highest BCUT2D eigenvalue weighted by Gasteiger charge is 2.15. The lowest BCUT2D eigenvalue weighted by molar-refractivity contribution is -0.138. The maximum Gasteiger partial charge on any atom is 0.330 e. The Balaban J connectivity index is 2.59. The molecule has 0 aromatic heterocycles. The fourth-order valence-electron chi connectivity index (χ4n) is 2.55. The topological polar surface area (TPSA) is 66.8 Å². The molecular weight excluding hydrogens is 292 g/mol. The minimum absolute atomic E-state index is 0.0107. The molecular formula is C19H28O4. The first-order valence-corrected chi connectivity index (χ1v) is 8.39. The smallest absolute Gasteiger partial charge is 0.330 e. The van der Waals surface area contributed by atoms with Crippen LogP contribution in [0.25, 0.3) is 0 Å². The second-order valence-electron chi connectivity index (χ2n) is 5.84. The Labute approximate surface area is 138 Å². The summed E-state index contributed by atoms with van der Waals surface area (Å²) in [6, 6.07) is 4.77. The first kappa shape index (κ1) is 19.1. The molecule has 0 radical (unpaired) electrons. The van der Waals surface area contributed by atoms with E-state index in [0.717, 1.165) is 30.9 Å². The summed E-state index contributed by atoms with van der Waals surface area (Å²) < 4.78 is 5.17. The predicted molar refractivity (Wildman–Crippen MR) is 91.7 cm³/mol. The molecule has 0 spiro atoms. The molecule has 0 saturated carbocycles. The van der Waals surface area contributed by atoms with Gasteiger partial charge in [0, 0.05) is 12.0 Å². The number of carbonyl (C=O) groups is 1. The summed E-state index contributed by atoms with van der Waals surface area (Å²) in [6.45, 7) is 5.84. The van der Waals surface area contributed by atoms with Crippen LogP contribution in [0.5, 0.6) is 11.5 Å². The monoisotopic (exact) mass is 320 g/mol. The van der Waals surface area contributed by atoms with Gasteiger partial charge >= 0.3 is 5.97 Å². The SMILES string of the molecule is C=CC(=O)OCC(CCCCCCCC)c1ccc(O)c(O)c1. The third kappa shape index (κ3) is 7.22. The average molecular weight is 320 g/mol. The Morgan fingerprint density at radius 2 is 1.87 bits per heavy atom. The van der Waals surface area contributed by atoms with E-state index in [1.54, 1.807) is 12.1 Å². The van der Waals surface area contributed by atoms with Gasteiger partial charge in [0.2, 0.25) is 0 Å². The van der Waals surface area contributed by atoms with Gasteiger partial charge < -0.3 is 14.9 Å². The summed E-state index contributed by atoms with van der Waals surface area (Å²) in [5, 5.41) is 19.1. The molecule has 128 valence electrons. The maximum atomic E-state index is 11.3. The van der Waals surface area contributed by atoms with E-state index in [0.29, 0.717) is 0 Å². The number of hydrogen-bond donors (Lipinski definition) is 2. The van der Waals surface area contributed by atoms with Crippen LogP contribution in [0.2, 0.25) is 0 Å². The molecule has 1 rings (SSSR count). The number of carbonyl (C=O) groups excluding carboxylic acids is 1. The van der Waals surface area contributed by atoms with E-state index in [9.17, 15) is 15.0 Å². The minimum atomic E-state index is -0.444. The van der Waals surface area contributed by atoms with Crippen LogP contribution in [0.3, 0.4) is 0 Å². The van der Waals surface area contributed by atoms with Gasteiger partial charge in [-0.1, -0.05) is 58.1 Å². The molecule has 0 heterocycles. The zero-order valence-corrected chi connectivity index (χ0v) is 14.0. The Morgan fingerprint density at radius 3 is 2.52 bits per heavy atom. The highest BCUT2D eigenvalue weighted by Crippen LogP contribution is 2.31. The molecule has 0 aliphatic heterocycles. The van der Waals surface area contributed by atoms with Crippen molar-refractivity contribution in [3.8, 4) is 11.5 Å². The number of phenols is 2. The van der Waals surface area contributed by atoms with Crippen LogP contribution in [0, 0.1) is 0 Å². The Morgan fingerprint density at radius 1 is 1.17 bits per heavy atom. The van der Waals surface area contributed by atoms with Gasteiger partial charge in [-0.2, -0.15) is 0 Å². The summed E-state index contributed by atoms with van der Waals surface area (Å²) >= 11 is 0. The number of benzene rings is 1. The quantitative estimate of drug-likeness (QED) is 0.269. The van der Waals surface area contributed by atoms with Crippen molar-refractivity contribution >= 4 is 5.97 Å². The third-order valence-electron chi connectivity index (χ3n) is 3.97. The molecule has 0 aliphatic rings. The van der Waals surface area contributed by atoms with E-state index in [2.05, 4.69) is 13.5 Å². The molecule has 1 atom stereocenters. The van der Waals surface area contributed by atoms with Gasteiger partial charge in [0.15, 0.2) is 11.5 Å². The predicted octanol–water partition coefficient (Wildman–Crippen LogP) is 4.66. The summed E-state index contributed by atoms with van der Waals surface area (Å²) in [7, 11) is 0. The van der Waals surface area contributed by atoms with E-state index >= 15 is 0 Å². The van der Waals surface area contributed by atoms with Crippen LogP contribution >= 0.6 is 0 Å². The number of hydrogen-bond acceptors (Lipinski definition) is 4. The standard InChI is InChI=1S/C19H28O4/c1-3-5-6-7-8-9-10-16(14-23-19(22)4-2)15-11-12-17(20)18(21)13-15/h4,11-13,16,20-21H,2-3,5-10,14H2,1H3. The molecule has 0 fully saturated rings. The van der Waals surface area contributed by atoms with Crippen LogP contribution in [0.15, 0.2) is 30.9 Å². The third-order valence-corrected chi connectivity index (χ3v) is 3.97. The molecule has 4 nitrogen and oxygen atoms in total. The zero-order chi connectivity index (χ0) is 17.1. The molecule has 1 unspecified atom stereocenters. The molecule has 23 heavy (non-hydrogen) atoms. The molecule has 0 aliphatic carbocycles. The lowest BCUT2D eigenvalue weighted by Crippen LogP contribution is -2.11. The van der Waals surface area contributed by atoms with Gasteiger partial charge in [-0.15, -0.1) is 0 Å². The second-order valence-corrected chi connectivity index (χ2v) is 5.84. The minimum Gasteiger partial charge on any atom is -0.504 e. The van der Waals surface area contributed by atoms with Gasteiger partial charge in [-0.05, 0) is 24.1 Å². The Kier molecular flexibility index (Phi) is 8.88. The van der Waals surface area contributed by atoms with Crippen LogP contribution in [0.4, 0.5) is 0 Å². The molecule has 4 heteroatoms. The lowest BCUT2D eigenvalue weighted by atomic mass is 9.93. The van der Waals surface area contributed by atoms with E-state index < -0.39 is 5.97 Å². The number of aromatic hydroxyl groups is 2. The number of phenolic OH excluding ortho intramolecular Hbond substituents is 2. The van der Waals surface area contributed by atoms with Crippen LogP contribution < -0.4 is 0 Å². The normalized spacial score (nSPS) is 11.9. The van der Waals surface area contributed by atoms with Crippen molar-refractivity contribution < 1.29 is 19.7 Å². The van der Waals surface area contributed by atoms with Crippen LogP contribution in [-0.2, 0) is 9.53 Å². The van der Waals surface area contributed by atoms with Gasteiger partial charge in [0.1, 0.15) is 0 Å². The largest absolute Gasteiger partial charge is 0.504 e. The first-order valence-electron chi connectivity index (χ1n) is 8.39. The Hall–Kier alpha value is -1.97. The molecule has 2 N–H and O–H groups in total. The molecule has 0 bridgehead atoms. The summed E-state index contributed by atoms with van der Waals surface area (Å²) in [5.74, 6) is -0.724. The van der Waals surface area contributed by atoms with Crippen molar-refractivity contribution in [2.45, 2.75) is 57.8 Å². The maximum absolute atomic E-state index is 11.3. The van der Waals surface area contributed by atoms with E-state index in [-0.39, 0.29) is 24.0 Å². The van der Waals surface area contributed by atoms with Crippen molar-refractivity contribution in [1.82, 2.24) is 0 Å². The van der Waals surface area contributed by atoms with E-state index in [4.69, 9.17) is 4.74 Å². The van der Waals surface area contributed by atoms with Crippen molar-refractivity contribution in [3.63, 3.8) is 0 Å². The Bertz CT molecular complexity index is 496. The highest BCUT2D eigenvalue weighted by molar-refractivity contribution is 5.81. The average Bonchev–Trinajstić information content (AvgIpc) is 2.55. The lowest BCUT2D eigenvalue weighted by Gasteiger charge is -2.17. The van der Waals surface area contributed by atoms with E-state index in [1.165, 1.54) is 31.7 Å². The van der Waals surface area contributed by atoms with Crippen LogP contribution in [0.1, 0.15) is 63.4 Å². The van der Waals surface area contributed by atoms with Gasteiger partial charge in [0.05, 0.1) is 6.61 Å². The van der Waals surface area contributed by atoms with Crippen molar-refractivity contribution in [2.75, 3.05) is 6.61 Å². The fraction of sp³-hybridized carbons (Fsp3) is 0.526. The number of esters is 1. The summed E-state index contributed by atoms with van der Waals surface area (Å²) in [5.41, 5.74) is 0.866. The molecule has 0 amide bonds. The van der Waals surface area contributed by atoms with Gasteiger partial charge in [-0.3, -0.25) is 0 Å². The summed E-state index contributed by atoms with van der Waals surface area (Å²) in [6.07, 6.45) is 9.19. The number of ether oxygens (including phenoxy) is 1. The molecule has 1 aromatic rings. The van der Waals surface area contributed by atoms with Gasteiger partial charge in [0.25, 0.3) is 0 Å². The zero-order valence-electron chi connectivity index (χ0n) is 14.0. The highest BCUT2D eigenvalue weighted by atomic mass is 16.5. The van der Waals surface area contributed by atoms with E-state index in [1.807, 2.05) is 0 Å². The van der Waals surface area contributed by atoms with Gasteiger partial charge in [-0.25, -0.2) is 4.79 Å². The van der Waals surface area contributed by atoms with Crippen molar-refractivity contribution in [3.05, 3.63) is 36.4 Å². The fourth-order valence-corrected chi connectivity index (χ4v) is 2.55.